The van der Waals surface area contributed by atoms with Gasteiger partial charge in [0, 0.05) is 11.3 Å². The van der Waals surface area contributed by atoms with Crippen LogP contribution in [-0.2, 0) is 0 Å². The van der Waals surface area contributed by atoms with E-state index in [4.69, 9.17) is 5.73 Å². The van der Waals surface area contributed by atoms with E-state index < -0.39 is 0 Å². The Morgan fingerprint density at radius 1 is 1.25 bits per heavy atom. The number of nitrogen functional groups attached to an aromatic ring is 1. The van der Waals surface area contributed by atoms with Crippen molar-refractivity contribution in [2.24, 2.45) is 5.92 Å². The lowest BCUT2D eigenvalue weighted by Gasteiger charge is -2.20. The number of aryl methyl sites for hydroxylation is 1. The Hall–Kier alpha value is -1.91. The highest BCUT2D eigenvalue weighted by Gasteiger charge is 2.26. The molecule has 2 aromatic rings. The van der Waals surface area contributed by atoms with Crippen molar-refractivity contribution in [3.8, 4) is 11.4 Å². The van der Waals surface area contributed by atoms with E-state index >= 15 is 0 Å². The second-order valence-corrected chi connectivity index (χ2v) is 5.86. The van der Waals surface area contributed by atoms with E-state index in [0.717, 1.165) is 22.6 Å². The summed E-state index contributed by atoms with van der Waals surface area (Å²) in [6.07, 6.45) is 5.20. The van der Waals surface area contributed by atoms with E-state index in [1.165, 1.54) is 25.7 Å². The average Bonchev–Trinajstić information content (AvgIpc) is 3.08. The van der Waals surface area contributed by atoms with E-state index in [-0.39, 0.29) is 0 Å². The maximum Gasteiger partial charge on any atom is 0.182 e. The van der Waals surface area contributed by atoms with E-state index in [2.05, 4.69) is 28.5 Å². The largest absolute Gasteiger partial charge is 0.399 e. The quantitative estimate of drug-likeness (QED) is 0.871. The summed E-state index contributed by atoms with van der Waals surface area (Å²) in [7, 11) is 0. The number of rotatable bonds is 3. The number of tetrazole rings is 1. The molecule has 0 amide bonds. The zero-order valence-corrected chi connectivity index (χ0v) is 12.1. The predicted molar refractivity (Wildman–Crippen MR) is 79.1 cm³/mol. The van der Waals surface area contributed by atoms with Crippen LogP contribution in [0.5, 0.6) is 0 Å². The van der Waals surface area contributed by atoms with Crippen molar-refractivity contribution < 1.29 is 0 Å². The molecule has 0 bridgehead atoms. The van der Waals surface area contributed by atoms with Crippen LogP contribution >= 0.6 is 0 Å². The third kappa shape index (κ3) is 2.40. The second kappa shape index (κ2) is 5.23. The Kier molecular flexibility index (Phi) is 3.42. The number of anilines is 1. The lowest BCUT2D eigenvalue weighted by atomic mass is 9.99. The normalized spacial score (nSPS) is 17.5. The van der Waals surface area contributed by atoms with E-state index in [0.29, 0.717) is 12.0 Å². The summed E-state index contributed by atoms with van der Waals surface area (Å²) in [5.74, 6) is 1.50. The third-order valence-electron chi connectivity index (χ3n) is 4.32. The number of benzene rings is 1. The monoisotopic (exact) mass is 271 g/mol. The minimum atomic E-state index is 0.337. The highest BCUT2D eigenvalue weighted by molar-refractivity contribution is 5.62. The van der Waals surface area contributed by atoms with Gasteiger partial charge < -0.3 is 5.73 Å². The molecule has 20 heavy (non-hydrogen) atoms. The molecule has 1 aromatic heterocycles. The molecule has 1 fully saturated rings. The summed E-state index contributed by atoms with van der Waals surface area (Å²) < 4.78 is 1.96. The van der Waals surface area contributed by atoms with E-state index in [9.17, 15) is 0 Å². The van der Waals surface area contributed by atoms with Crippen molar-refractivity contribution in [3.05, 3.63) is 23.8 Å². The van der Waals surface area contributed by atoms with Crippen molar-refractivity contribution in [1.82, 2.24) is 20.2 Å². The molecular formula is C15H21N5. The fraction of sp³-hybridized carbons (Fsp3) is 0.533. The van der Waals surface area contributed by atoms with Crippen LogP contribution in [-0.4, -0.2) is 20.2 Å². The van der Waals surface area contributed by atoms with Crippen molar-refractivity contribution in [2.75, 3.05) is 5.73 Å². The Morgan fingerprint density at radius 2 is 2.00 bits per heavy atom. The van der Waals surface area contributed by atoms with Gasteiger partial charge in [0.05, 0.1) is 6.04 Å². The molecule has 2 N–H and O–H groups in total. The van der Waals surface area contributed by atoms with Gasteiger partial charge in [-0.3, -0.25) is 0 Å². The predicted octanol–water partition coefficient (Wildman–Crippen LogP) is 2.98. The summed E-state index contributed by atoms with van der Waals surface area (Å²) >= 11 is 0. The van der Waals surface area contributed by atoms with Crippen LogP contribution in [0.4, 0.5) is 5.69 Å². The van der Waals surface area contributed by atoms with Gasteiger partial charge in [0.2, 0.25) is 0 Å². The molecule has 1 aliphatic rings. The molecule has 0 spiro atoms. The van der Waals surface area contributed by atoms with Crippen LogP contribution < -0.4 is 5.73 Å². The fourth-order valence-electron chi connectivity index (χ4n) is 3.24. The van der Waals surface area contributed by atoms with Crippen LogP contribution in [0.25, 0.3) is 11.4 Å². The highest BCUT2D eigenvalue weighted by Crippen LogP contribution is 2.35. The van der Waals surface area contributed by atoms with Crippen LogP contribution in [0.2, 0.25) is 0 Å². The molecule has 0 radical (unpaired) electrons. The first kappa shape index (κ1) is 13.1. The fourth-order valence-corrected chi connectivity index (χ4v) is 3.24. The van der Waals surface area contributed by atoms with Crippen LogP contribution in [0.1, 0.15) is 44.2 Å². The molecule has 1 atom stereocenters. The first-order valence-electron chi connectivity index (χ1n) is 7.30. The number of aromatic nitrogens is 4. The first-order valence-corrected chi connectivity index (χ1v) is 7.30. The zero-order valence-electron chi connectivity index (χ0n) is 12.1. The highest BCUT2D eigenvalue weighted by atomic mass is 15.5. The molecular weight excluding hydrogens is 250 g/mol. The molecule has 1 saturated carbocycles. The Labute approximate surface area is 119 Å². The topological polar surface area (TPSA) is 69.6 Å². The number of nitrogens with zero attached hydrogens (tertiary/aromatic N) is 4. The van der Waals surface area contributed by atoms with E-state index in [1.807, 2.05) is 23.7 Å². The van der Waals surface area contributed by atoms with Gasteiger partial charge in [0.1, 0.15) is 0 Å². The van der Waals surface area contributed by atoms with Gasteiger partial charge in [-0.1, -0.05) is 12.8 Å². The minimum Gasteiger partial charge on any atom is -0.399 e. The third-order valence-corrected chi connectivity index (χ3v) is 4.32. The van der Waals surface area contributed by atoms with Crippen LogP contribution in [0, 0.1) is 12.8 Å². The molecule has 5 heteroatoms. The summed E-state index contributed by atoms with van der Waals surface area (Å²) in [6, 6.07) is 6.32. The number of nitrogens with two attached hydrogens (primary N) is 1. The van der Waals surface area contributed by atoms with Gasteiger partial charge in [0.15, 0.2) is 5.82 Å². The average molecular weight is 271 g/mol. The Morgan fingerprint density at radius 3 is 2.70 bits per heavy atom. The SMILES string of the molecule is Cc1cc(N)cc(-c2nnnn2C(C)C2CCCC2)c1. The molecule has 0 aliphatic heterocycles. The van der Waals surface area contributed by atoms with Gasteiger partial charge >= 0.3 is 0 Å². The van der Waals surface area contributed by atoms with Crippen LogP contribution in [0.15, 0.2) is 18.2 Å². The van der Waals surface area contributed by atoms with Crippen molar-refractivity contribution in [1.29, 1.82) is 0 Å². The molecule has 1 aliphatic carbocycles. The zero-order chi connectivity index (χ0) is 14.1. The minimum absolute atomic E-state index is 0.337. The molecule has 1 heterocycles. The number of hydrogen-bond acceptors (Lipinski definition) is 4. The maximum atomic E-state index is 5.94. The number of hydrogen-bond donors (Lipinski definition) is 1. The smallest absolute Gasteiger partial charge is 0.182 e. The summed E-state index contributed by atoms with van der Waals surface area (Å²) in [4.78, 5) is 0. The van der Waals surface area contributed by atoms with Gasteiger partial charge in [0.25, 0.3) is 0 Å². The van der Waals surface area contributed by atoms with Gasteiger partial charge in [-0.2, -0.15) is 0 Å². The van der Waals surface area contributed by atoms with Gasteiger partial charge in [-0.15, -0.1) is 5.10 Å². The standard InChI is InChI=1S/C15H21N5/c1-10-7-13(9-14(16)8-10)15-17-18-19-20(15)11(2)12-5-3-4-6-12/h7-9,11-12H,3-6,16H2,1-2H3. The Bertz CT molecular complexity index is 578. The molecule has 0 saturated heterocycles. The van der Waals surface area contributed by atoms with Crippen LogP contribution in [0.3, 0.4) is 0 Å². The molecule has 5 nitrogen and oxygen atoms in total. The molecule has 3 rings (SSSR count). The molecule has 1 unspecified atom stereocenters. The van der Waals surface area contributed by atoms with Gasteiger partial charge in [-0.25, -0.2) is 4.68 Å². The van der Waals surface area contributed by atoms with Crippen molar-refractivity contribution >= 4 is 5.69 Å². The maximum absolute atomic E-state index is 5.94. The van der Waals surface area contributed by atoms with Gasteiger partial charge in [-0.05, 0) is 66.8 Å². The first-order chi connectivity index (χ1) is 9.65. The lowest BCUT2D eigenvalue weighted by Crippen LogP contribution is -2.16. The van der Waals surface area contributed by atoms with Crippen molar-refractivity contribution in [3.63, 3.8) is 0 Å². The lowest BCUT2D eigenvalue weighted by molar-refractivity contribution is 0.332. The van der Waals surface area contributed by atoms with Crippen molar-refractivity contribution in [2.45, 2.75) is 45.6 Å². The molecule has 106 valence electrons. The summed E-state index contributed by atoms with van der Waals surface area (Å²) in [5.41, 5.74) is 8.81. The molecule has 1 aromatic carbocycles. The summed E-state index contributed by atoms with van der Waals surface area (Å²) in [6.45, 7) is 4.25. The Balaban J connectivity index is 1.96. The summed E-state index contributed by atoms with van der Waals surface area (Å²) in [5, 5.41) is 12.3. The van der Waals surface area contributed by atoms with E-state index in [1.54, 1.807) is 0 Å². The second-order valence-electron chi connectivity index (χ2n) is 5.86.